The van der Waals surface area contributed by atoms with Gasteiger partial charge in [-0.25, -0.2) is 0 Å². The summed E-state index contributed by atoms with van der Waals surface area (Å²) in [6.45, 7) is 1.59. The zero-order valence-corrected chi connectivity index (χ0v) is 17.2. The minimum atomic E-state index is -0.159. The maximum absolute atomic E-state index is 12.9. The molecule has 0 aliphatic carbocycles. The summed E-state index contributed by atoms with van der Waals surface area (Å²) in [5.41, 5.74) is 3.24. The van der Waals surface area contributed by atoms with Crippen LogP contribution in [0.25, 0.3) is 11.3 Å². The van der Waals surface area contributed by atoms with Crippen LogP contribution in [0.1, 0.15) is 15.9 Å². The van der Waals surface area contributed by atoms with Gasteiger partial charge in [0.1, 0.15) is 13.2 Å². The molecule has 30 heavy (non-hydrogen) atoms. The van der Waals surface area contributed by atoms with Crippen molar-refractivity contribution in [1.29, 1.82) is 0 Å². The first-order valence-corrected chi connectivity index (χ1v) is 10.0. The summed E-state index contributed by atoms with van der Waals surface area (Å²) in [5.74, 6) is 1.23. The van der Waals surface area contributed by atoms with E-state index in [1.54, 1.807) is 6.20 Å². The third-order valence-corrected chi connectivity index (χ3v) is 5.26. The van der Waals surface area contributed by atoms with Gasteiger partial charge in [0.05, 0.1) is 17.5 Å². The van der Waals surface area contributed by atoms with E-state index < -0.39 is 0 Å². The Morgan fingerprint density at radius 2 is 1.90 bits per heavy atom. The highest BCUT2D eigenvalue weighted by Crippen LogP contribution is 2.34. The van der Waals surface area contributed by atoms with E-state index in [0.29, 0.717) is 42.5 Å². The van der Waals surface area contributed by atoms with Crippen molar-refractivity contribution in [3.63, 3.8) is 0 Å². The number of nitrogens with zero attached hydrogens (tertiary/aromatic N) is 2. The number of fused-ring (bicyclic) bond motifs is 1. The smallest absolute Gasteiger partial charge is 0.255 e. The third-order valence-electron chi connectivity index (χ3n) is 5.26. The van der Waals surface area contributed by atoms with Crippen LogP contribution in [0.4, 0.5) is 0 Å². The number of H-pyrrole nitrogens is 1. The van der Waals surface area contributed by atoms with Crippen LogP contribution in [-0.4, -0.2) is 60.9 Å². The van der Waals surface area contributed by atoms with E-state index in [1.165, 1.54) is 5.56 Å². The number of aromatic nitrogens is 2. The van der Waals surface area contributed by atoms with Gasteiger partial charge in [-0.3, -0.25) is 9.89 Å². The van der Waals surface area contributed by atoms with Gasteiger partial charge < -0.3 is 19.7 Å². The highest BCUT2D eigenvalue weighted by molar-refractivity contribution is 5.99. The maximum atomic E-state index is 12.9. The van der Waals surface area contributed by atoms with Crippen molar-refractivity contribution in [1.82, 2.24) is 20.4 Å². The first kappa shape index (κ1) is 20.0. The van der Waals surface area contributed by atoms with Crippen LogP contribution < -0.4 is 14.8 Å². The second-order valence-electron chi connectivity index (χ2n) is 7.53. The number of carbonyl (C=O) groups is 1. The van der Waals surface area contributed by atoms with Gasteiger partial charge in [-0.1, -0.05) is 30.3 Å². The van der Waals surface area contributed by atoms with Crippen LogP contribution in [-0.2, 0) is 6.42 Å². The Morgan fingerprint density at radius 3 is 2.67 bits per heavy atom. The molecule has 156 valence electrons. The Bertz CT molecular complexity index is 1000. The van der Waals surface area contributed by atoms with Crippen molar-refractivity contribution >= 4 is 5.91 Å². The van der Waals surface area contributed by atoms with E-state index in [0.717, 1.165) is 12.0 Å². The Morgan fingerprint density at radius 1 is 1.13 bits per heavy atom. The lowest BCUT2D eigenvalue weighted by Crippen LogP contribution is -2.41. The molecule has 1 amide bonds. The van der Waals surface area contributed by atoms with E-state index in [4.69, 9.17) is 9.47 Å². The highest BCUT2D eigenvalue weighted by Gasteiger charge is 2.20. The SMILES string of the molecule is CN(C)C(CNC(=O)c1cn[nH]c1-c1ccc2c(c1)OCCO2)Cc1ccccc1. The van der Waals surface area contributed by atoms with Gasteiger partial charge in [-0.05, 0) is 44.3 Å². The summed E-state index contributed by atoms with van der Waals surface area (Å²) in [6, 6.07) is 16.1. The third kappa shape index (κ3) is 4.46. The quantitative estimate of drug-likeness (QED) is 0.631. The molecule has 1 unspecified atom stereocenters. The van der Waals surface area contributed by atoms with Crippen molar-refractivity contribution < 1.29 is 14.3 Å². The van der Waals surface area contributed by atoms with Gasteiger partial charge in [-0.2, -0.15) is 5.10 Å². The topological polar surface area (TPSA) is 79.5 Å². The fourth-order valence-electron chi connectivity index (χ4n) is 3.51. The second-order valence-corrected chi connectivity index (χ2v) is 7.53. The minimum Gasteiger partial charge on any atom is -0.486 e. The molecular formula is C23H26N4O3. The molecule has 1 aliphatic heterocycles. The molecule has 1 aromatic heterocycles. The average molecular weight is 406 g/mol. The highest BCUT2D eigenvalue weighted by atomic mass is 16.6. The van der Waals surface area contributed by atoms with E-state index in [2.05, 4.69) is 32.5 Å². The lowest BCUT2D eigenvalue weighted by atomic mass is 10.0. The predicted molar refractivity (Wildman–Crippen MR) is 115 cm³/mol. The normalized spacial score (nSPS) is 13.8. The van der Waals surface area contributed by atoms with Crippen LogP contribution in [0.3, 0.4) is 0 Å². The number of likely N-dealkylation sites (N-methyl/N-ethyl adjacent to an activating group) is 1. The van der Waals surface area contributed by atoms with Crippen molar-refractivity contribution in [2.24, 2.45) is 0 Å². The van der Waals surface area contributed by atoms with Crippen LogP contribution >= 0.6 is 0 Å². The van der Waals surface area contributed by atoms with Gasteiger partial charge >= 0.3 is 0 Å². The summed E-state index contributed by atoms with van der Waals surface area (Å²) in [7, 11) is 4.05. The number of carbonyl (C=O) groups excluding carboxylic acids is 1. The average Bonchev–Trinajstić information content (AvgIpc) is 3.26. The number of rotatable bonds is 7. The van der Waals surface area contributed by atoms with Crippen molar-refractivity contribution in [2.75, 3.05) is 33.9 Å². The molecular weight excluding hydrogens is 380 g/mol. The second kappa shape index (κ2) is 9.00. The van der Waals surface area contributed by atoms with E-state index in [-0.39, 0.29) is 11.9 Å². The molecule has 7 heteroatoms. The first-order valence-electron chi connectivity index (χ1n) is 10.0. The molecule has 3 aromatic rings. The number of benzene rings is 2. The summed E-state index contributed by atoms with van der Waals surface area (Å²) in [5, 5.41) is 10.1. The Hall–Kier alpha value is -3.32. The van der Waals surface area contributed by atoms with Gasteiger partial charge in [0, 0.05) is 18.2 Å². The number of ether oxygens (including phenoxy) is 2. The van der Waals surface area contributed by atoms with Gasteiger partial charge in [0.15, 0.2) is 11.5 Å². The molecule has 7 nitrogen and oxygen atoms in total. The number of aromatic amines is 1. The zero-order valence-electron chi connectivity index (χ0n) is 17.2. The maximum Gasteiger partial charge on any atom is 0.255 e. The number of hydrogen-bond donors (Lipinski definition) is 2. The number of nitrogens with one attached hydrogen (secondary N) is 2. The molecule has 1 aliphatic rings. The van der Waals surface area contributed by atoms with Crippen molar-refractivity contribution in [3.05, 3.63) is 65.9 Å². The standard InChI is InChI=1S/C23H26N4O3/c1-27(2)18(12-16-6-4-3-5-7-16)14-24-23(28)19-15-25-26-22(19)17-8-9-20-21(13-17)30-11-10-29-20/h3-9,13,15,18H,10-12,14H2,1-2H3,(H,24,28)(H,25,26). The Labute approximate surface area is 176 Å². The molecule has 2 aromatic carbocycles. The summed E-state index contributed by atoms with van der Waals surface area (Å²) in [4.78, 5) is 15.1. The monoisotopic (exact) mass is 406 g/mol. The lowest BCUT2D eigenvalue weighted by molar-refractivity contribution is 0.0942. The van der Waals surface area contributed by atoms with E-state index >= 15 is 0 Å². The molecule has 0 saturated carbocycles. The Kier molecular flexibility index (Phi) is 5.99. The Balaban J connectivity index is 1.46. The van der Waals surface area contributed by atoms with Crippen LogP contribution in [0.2, 0.25) is 0 Å². The summed E-state index contributed by atoms with van der Waals surface area (Å²) >= 11 is 0. The number of hydrogen-bond acceptors (Lipinski definition) is 5. The fraction of sp³-hybridized carbons (Fsp3) is 0.304. The summed E-state index contributed by atoms with van der Waals surface area (Å²) in [6.07, 6.45) is 2.41. The van der Waals surface area contributed by atoms with E-state index in [1.807, 2.05) is 50.5 Å². The number of amides is 1. The first-order chi connectivity index (χ1) is 14.6. The van der Waals surface area contributed by atoms with Gasteiger partial charge in [0.25, 0.3) is 5.91 Å². The van der Waals surface area contributed by atoms with E-state index in [9.17, 15) is 4.79 Å². The zero-order chi connectivity index (χ0) is 20.9. The molecule has 0 saturated heterocycles. The van der Waals surface area contributed by atoms with Crippen LogP contribution in [0.5, 0.6) is 11.5 Å². The minimum absolute atomic E-state index is 0.159. The van der Waals surface area contributed by atoms with Gasteiger partial charge in [0.2, 0.25) is 0 Å². The van der Waals surface area contributed by atoms with Crippen molar-refractivity contribution in [2.45, 2.75) is 12.5 Å². The predicted octanol–water partition coefficient (Wildman–Crippen LogP) is 2.75. The summed E-state index contributed by atoms with van der Waals surface area (Å²) < 4.78 is 11.2. The molecule has 2 heterocycles. The van der Waals surface area contributed by atoms with Gasteiger partial charge in [-0.15, -0.1) is 0 Å². The van der Waals surface area contributed by atoms with Crippen LogP contribution in [0, 0.1) is 0 Å². The molecule has 1 atom stereocenters. The molecule has 2 N–H and O–H groups in total. The van der Waals surface area contributed by atoms with Crippen molar-refractivity contribution in [3.8, 4) is 22.8 Å². The molecule has 4 rings (SSSR count). The molecule has 0 bridgehead atoms. The molecule has 0 spiro atoms. The fourth-order valence-corrected chi connectivity index (χ4v) is 3.51. The lowest BCUT2D eigenvalue weighted by Gasteiger charge is -2.24. The van der Waals surface area contributed by atoms with Crippen LogP contribution in [0.15, 0.2) is 54.7 Å². The molecule has 0 fully saturated rings. The molecule has 0 radical (unpaired) electrons. The largest absolute Gasteiger partial charge is 0.486 e.